The van der Waals surface area contributed by atoms with Crippen LogP contribution >= 0.6 is 11.8 Å². The maximum absolute atomic E-state index is 13.4. The van der Waals surface area contributed by atoms with Crippen molar-refractivity contribution < 1.29 is 23.1 Å². The van der Waals surface area contributed by atoms with Crippen LogP contribution in [0.15, 0.2) is 90.1 Å². The first kappa shape index (κ1) is 26.4. The van der Waals surface area contributed by atoms with E-state index in [1.807, 2.05) is 30.6 Å². The molecule has 1 aliphatic rings. The summed E-state index contributed by atoms with van der Waals surface area (Å²) in [6, 6.07) is 21.1. The van der Waals surface area contributed by atoms with E-state index in [4.69, 9.17) is 4.74 Å². The number of piperazine rings is 1. The van der Waals surface area contributed by atoms with Crippen molar-refractivity contribution in [3.8, 4) is 5.75 Å². The minimum atomic E-state index is -2.51. The Morgan fingerprint density at radius 3 is 2.41 bits per heavy atom. The van der Waals surface area contributed by atoms with Crippen molar-refractivity contribution in [1.29, 1.82) is 0 Å². The van der Waals surface area contributed by atoms with E-state index >= 15 is 0 Å². The molecule has 2 heterocycles. The fourth-order valence-corrected chi connectivity index (χ4v) is 5.00. The first-order valence-electron chi connectivity index (χ1n) is 12.4. The van der Waals surface area contributed by atoms with E-state index in [2.05, 4.69) is 21.3 Å². The van der Waals surface area contributed by atoms with Crippen molar-refractivity contribution in [2.24, 2.45) is 0 Å². The largest absolute Gasteiger partial charge is 0.483 e. The van der Waals surface area contributed by atoms with Crippen LogP contribution < -0.4 is 15.0 Å². The third kappa shape index (κ3) is 6.46. The molecule has 0 saturated carbocycles. The molecule has 200 valence electrons. The first-order chi connectivity index (χ1) is 19.0. The van der Waals surface area contributed by atoms with Crippen LogP contribution in [0, 0.1) is 0 Å². The van der Waals surface area contributed by atoms with Crippen LogP contribution in [0.25, 0.3) is 10.8 Å². The number of amides is 2. The second-order valence-electron chi connectivity index (χ2n) is 8.89. The van der Waals surface area contributed by atoms with Gasteiger partial charge in [-0.05, 0) is 36.4 Å². The smallest absolute Gasteiger partial charge is 0.288 e. The number of fused-ring (bicyclic) bond motifs is 1. The minimum absolute atomic E-state index is 0.158. The Hall–Kier alpha value is -4.18. The van der Waals surface area contributed by atoms with Crippen LogP contribution in [0.3, 0.4) is 0 Å². The van der Waals surface area contributed by atoms with E-state index < -0.39 is 11.7 Å². The van der Waals surface area contributed by atoms with Crippen LogP contribution in [0.1, 0.15) is 10.4 Å². The second kappa shape index (κ2) is 12.1. The molecule has 0 unspecified atom stereocenters. The quantitative estimate of drug-likeness (QED) is 0.292. The van der Waals surface area contributed by atoms with Gasteiger partial charge in [0.2, 0.25) is 0 Å². The summed E-state index contributed by atoms with van der Waals surface area (Å²) in [6.07, 6.45) is 3.71. The van der Waals surface area contributed by atoms with E-state index in [-0.39, 0.29) is 12.5 Å². The summed E-state index contributed by atoms with van der Waals surface area (Å²) in [5.41, 5.74) is 1.90. The summed E-state index contributed by atoms with van der Waals surface area (Å²) in [5.74, 6) is -2.77. The topological polar surface area (TPSA) is 74.8 Å². The molecule has 1 fully saturated rings. The Labute approximate surface area is 228 Å². The number of benzene rings is 3. The lowest BCUT2D eigenvalue weighted by Crippen LogP contribution is -2.49. The normalized spacial score (nSPS) is 13.5. The van der Waals surface area contributed by atoms with E-state index in [9.17, 15) is 18.4 Å². The molecule has 1 aliphatic heterocycles. The highest BCUT2D eigenvalue weighted by atomic mass is 32.2. The number of pyridine rings is 1. The molecule has 1 saturated heterocycles. The summed E-state index contributed by atoms with van der Waals surface area (Å²) in [4.78, 5) is 34.6. The second-order valence-corrected chi connectivity index (χ2v) is 9.96. The van der Waals surface area contributed by atoms with Gasteiger partial charge in [0.05, 0.1) is 17.4 Å². The molecule has 0 radical (unpaired) electrons. The average Bonchev–Trinajstić information content (AvgIpc) is 2.96. The minimum Gasteiger partial charge on any atom is -0.483 e. The molecule has 10 heteroatoms. The van der Waals surface area contributed by atoms with Crippen LogP contribution in [-0.4, -0.2) is 60.2 Å². The molecular formula is C29H26F2N4O3S. The van der Waals surface area contributed by atoms with Crippen LogP contribution in [-0.2, 0) is 4.79 Å². The molecule has 0 bridgehead atoms. The van der Waals surface area contributed by atoms with E-state index in [0.29, 0.717) is 59.8 Å². The van der Waals surface area contributed by atoms with E-state index in [0.717, 1.165) is 16.5 Å². The molecule has 0 atom stereocenters. The maximum atomic E-state index is 13.4. The third-order valence-electron chi connectivity index (χ3n) is 6.39. The molecule has 7 nitrogen and oxygen atoms in total. The van der Waals surface area contributed by atoms with Gasteiger partial charge in [-0.3, -0.25) is 14.6 Å². The number of thioether (sulfide) groups is 1. The fraction of sp³-hybridized carbons (Fsp3) is 0.207. The highest BCUT2D eigenvalue weighted by Crippen LogP contribution is 2.28. The van der Waals surface area contributed by atoms with Crippen LogP contribution in [0.2, 0.25) is 0 Å². The van der Waals surface area contributed by atoms with Crippen molar-refractivity contribution in [3.63, 3.8) is 0 Å². The Kier molecular flexibility index (Phi) is 8.21. The van der Waals surface area contributed by atoms with Crippen LogP contribution in [0.4, 0.5) is 20.2 Å². The van der Waals surface area contributed by atoms with Gasteiger partial charge >= 0.3 is 0 Å². The number of hydrogen-bond acceptors (Lipinski definition) is 6. The van der Waals surface area contributed by atoms with Gasteiger partial charge in [-0.15, -0.1) is 0 Å². The lowest BCUT2D eigenvalue weighted by atomic mass is 10.1. The Balaban J connectivity index is 1.18. The first-order valence-corrected chi connectivity index (χ1v) is 13.3. The number of hydrogen-bond donors (Lipinski definition) is 1. The molecule has 39 heavy (non-hydrogen) atoms. The number of para-hydroxylation sites is 1. The van der Waals surface area contributed by atoms with Gasteiger partial charge in [0.1, 0.15) is 5.75 Å². The van der Waals surface area contributed by atoms with E-state index in [1.165, 1.54) is 12.1 Å². The predicted molar refractivity (Wildman–Crippen MR) is 149 cm³/mol. The van der Waals surface area contributed by atoms with Gasteiger partial charge in [0.25, 0.3) is 17.6 Å². The number of nitrogens with one attached hydrogen (secondary N) is 1. The molecule has 0 aliphatic carbocycles. The number of carbonyl (C=O) groups excluding carboxylic acids is 2. The molecule has 5 rings (SSSR count). The number of halogens is 2. The van der Waals surface area contributed by atoms with Gasteiger partial charge in [-0.25, -0.2) is 0 Å². The summed E-state index contributed by atoms with van der Waals surface area (Å²) in [6.45, 7) is 2.11. The third-order valence-corrected chi connectivity index (χ3v) is 7.12. The lowest BCUT2D eigenvalue weighted by molar-refractivity contribution is -0.118. The van der Waals surface area contributed by atoms with Gasteiger partial charge < -0.3 is 19.9 Å². The van der Waals surface area contributed by atoms with Gasteiger partial charge in [0.15, 0.2) is 6.61 Å². The van der Waals surface area contributed by atoms with Gasteiger partial charge in [-0.2, -0.15) is 8.78 Å². The molecule has 1 N–H and O–H groups in total. The molecular weight excluding hydrogens is 522 g/mol. The zero-order chi connectivity index (χ0) is 27.2. The van der Waals surface area contributed by atoms with E-state index in [1.54, 1.807) is 41.3 Å². The lowest BCUT2D eigenvalue weighted by Gasteiger charge is -2.36. The Morgan fingerprint density at radius 1 is 0.923 bits per heavy atom. The van der Waals surface area contributed by atoms with Gasteiger partial charge in [-0.1, -0.05) is 48.2 Å². The fourth-order valence-electron chi connectivity index (χ4n) is 4.50. The van der Waals surface area contributed by atoms with Gasteiger partial charge in [0, 0.05) is 53.7 Å². The van der Waals surface area contributed by atoms with Crippen molar-refractivity contribution >= 4 is 45.7 Å². The molecule has 2 amide bonds. The number of alkyl halides is 2. The zero-order valence-corrected chi connectivity index (χ0v) is 21.7. The standard InChI is InChI=1S/C29H26F2N4O3S/c30-29(31)39-22-11-9-21(10-12-22)33-27(36)19-38-26-8-4-3-7-24(26)28(37)35-15-13-34(14-16-35)25-18-32-17-20-5-1-2-6-23(20)25/h1-12,17-18,29H,13-16,19H2,(H,33,36). The molecule has 0 spiro atoms. The zero-order valence-electron chi connectivity index (χ0n) is 20.9. The number of carbonyl (C=O) groups is 2. The predicted octanol–water partition coefficient (Wildman–Crippen LogP) is 5.53. The molecule has 1 aromatic heterocycles. The number of rotatable bonds is 8. The maximum Gasteiger partial charge on any atom is 0.288 e. The SMILES string of the molecule is O=C(COc1ccccc1C(=O)N1CCN(c2cncc3ccccc23)CC1)Nc1ccc(SC(F)F)cc1. The van der Waals surface area contributed by atoms with Crippen molar-refractivity contribution in [2.75, 3.05) is 43.0 Å². The monoisotopic (exact) mass is 548 g/mol. The summed E-state index contributed by atoms with van der Waals surface area (Å²) in [5, 5.41) is 4.88. The molecule has 4 aromatic rings. The van der Waals surface area contributed by atoms with Crippen molar-refractivity contribution in [2.45, 2.75) is 10.7 Å². The van der Waals surface area contributed by atoms with Crippen LogP contribution in [0.5, 0.6) is 5.75 Å². The summed E-state index contributed by atoms with van der Waals surface area (Å²) < 4.78 is 30.7. The number of aromatic nitrogens is 1. The number of anilines is 2. The Bertz CT molecular complexity index is 1460. The molecule has 3 aromatic carbocycles. The van der Waals surface area contributed by atoms with Crippen molar-refractivity contribution in [3.05, 3.63) is 90.8 Å². The number of ether oxygens (including phenoxy) is 1. The average molecular weight is 549 g/mol. The Morgan fingerprint density at radius 2 is 1.64 bits per heavy atom. The summed E-state index contributed by atoms with van der Waals surface area (Å²) >= 11 is 0.437. The van der Waals surface area contributed by atoms with Crippen molar-refractivity contribution in [1.82, 2.24) is 9.88 Å². The highest BCUT2D eigenvalue weighted by molar-refractivity contribution is 7.99. The number of nitrogens with zero attached hydrogens (tertiary/aromatic N) is 3. The summed E-state index contributed by atoms with van der Waals surface area (Å²) in [7, 11) is 0. The highest BCUT2D eigenvalue weighted by Gasteiger charge is 2.25.